The summed E-state index contributed by atoms with van der Waals surface area (Å²) in [5, 5.41) is 7.65. The van der Waals surface area contributed by atoms with Gasteiger partial charge in [-0.1, -0.05) is 45.0 Å². The molecule has 4 unspecified atom stereocenters. The molecule has 6 aliphatic rings. The topological polar surface area (TPSA) is 119 Å². The fourth-order valence-electron chi connectivity index (χ4n) is 10.4. The van der Waals surface area contributed by atoms with Crippen molar-refractivity contribution in [3.8, 4) is 11.5 Å². The van der Waals surface area contributed by atoms with Gasteiger partial charge in [0.05, 0.1) is 26.9 Å². The summed E-state index contributed by atoms with van der Waals surface area (Å²) in [5.74, 6) is 4.01. The molecule has 0 bridgehead atoms. The van der Waals surface area contributed by atoms with Gasteiger partial charge in [-0.05, 0) is 166 Å². The molecule has 4 aliphatic carbocycles. The molecular formula is C52H78O10Si. The zero-order valence-electron chi connectivity index (χ0n) is 39.8. The average Bonchev–Trinajstić information content (AvgIpc) is 3.76. The van der Waals surface area contributed by atoms with Crippen molar-refractivity contribution in [3.63, 3.8) is 0 Å². The summed E-state index contributed by atoms with van der Waals surface area (Å²) in [4.78, 5) is 25.9. The minimum absolute atomic E-state index is 0.0233. The SMILES string of the molecule is CCO.COc1cccc2c1CC1CC(=O)C(CCCOC3CCCCO3)[C@H]1C2.COc1cccc2c1C[C@H]1CC(=O)C(CCCOC3CCCCO3)=C1[C@@H]2O[Si](C)(C)C(C)(C)C. The molecule has 2 aliphatic heterocycles. The van der Waals surface area contributed by atoms with Gasteiger partial charge in [-0.15, -0.1) is 0 Å². The van der Waals surface area contributed by atoms with Crippen molar-refractivity contribution in [2.75, 3.05) is 47.3 Å². The molecule has 2 aromatic rings. The van der Waals surface area contributed by atoms with Crippen molar-refractivity contribution in [3.05, 3.63) is 69.8 Å². The number of carbonyl (C=O) groups is 2. The predicted molar refractivity (Wildman–Crippen MR) is 249 cm³/mol. The molecule has 3 fully saturated rings. The molecular weight excluding hydrogens is 813 g/mol. The van der Waals surface area contributed by atoms with E-state index in [4.69, 9.17) is 38.0 Å². The molecule has 2 aromatic carbocycles. The first-order valence-electron chi connectivity index (χ1n) is 24.1. The fourth-order valence-corrected chi connectivity index (χ4v) is 11.6. The Balaban J connectivity index is 0.000000203. The van der Waals surface area contributed by atoms with Crippen LogP contribution in [-0.2, 0) is 52.2 Å². The third kappa shape index (κ3) is 12.3. The van der Waals surface area contributed by atoms with Crippen molar-refractivity contribution in [1.29, 1.82) is 0 Å². The number of ether oxygens (including phenoxy) is 6. The molecule has 1 N–H and O–H groups in total. The minimum atomic E-state index is -2.09. The highest BCUT2D eigenvalue weighted by atomic mass is 28.4. The number of ketones is 2. The second kappa shape index (κ2) is 23.0. The van der Waals surface area contributed by atoms with Gasteiger partial charge in [-0.2, -0.15) is 0 Å². The highest BCUT2D eigenvalue weighted by Gasteiger charge is 2.47. The summed E-state index contributed by atoms with van der Waals surface area (Å²) in [6, 6.07) is 12.6. The quantitative estimate of drug-likeness (QED) is 0.145. The largest absolute Gasteiger partial charge is 0.496 e. The first kappa shape index (κ1) is 49.5. The zero-order valence-corrected chi connectivity index (χ0v) is 40.8. The van der Waals surface area contributed by atoms with E-state index in [1.54, 1.807) is 21.1 Å². The van der Waals surface area contributed by atoms with Gasteiger partial charge in [0.2, 0.25) is 0 Å². The van der Waals surface area contributed by atoms with Crippen LogP contribution in [0.15, 0.2) is 47.5 Å². The van der Waals surface area contributed by atoms with Gasteiger partial charge in [0, 0.05) is 50.8 Å². The van der Waals surface area contributed by atoms with Gasteiger partial charge < -0.3 is 38.0 Å². The lowest BCUT2D eigenvalue weighted by Gasteiger charge is -2.43. The number of fused-ring (bicyclic) bond motifs is 4. The highest BCUT2D eigenvalue weighted by Crippen LogP contribution is 2.53. The molecule has 63 heavy (non-hydrogen) atoms. The Kier molecular flexibility index (Phi) is 18.1. The van der Waals surface area contributed by atoms with E-state index in [0.29, 0.717) is 37.3 Å². The number of benzene rings is 2. The third-order valence-corrected chi connectivity index (χ3v) is 19.1. The normalized spacial score (nSPS) is 26.7. The number of hydrogen-bond donors (Lipinski definition) is 1. The second-order valence-electron chi connectivity index (χ2n) is 19.9. The number of aliphatic hydroxyl groups excluding tert-OH is 1. The Hall–Kier alpha value is -2.90. The second-order valence-corrected chi connectivity index (χ2v) is 24.6. The minimum Gasteiger partial charge on any atom is -0.496 e. The smallest absolute Gasteiger partial charge is 0.193 e. The maximum absolute atomic E-state index is 13.3. The number of Topliss-reactive ketones (excluding diaryl/α,β-unsaturated/α-hetero) is 2. The first-order chi connectivity index (χ1) is 30.3. The Morgan fingerprint density at radius 2 is 1.40 bits per heavy atom. The van der Waals surface area contributed by atoms with E-state index < -0.39 is 8.32 Å². The number of methoxy groups -OCH3 is 2. The molecule has 0 radical (unpaired) electrons. The summed E-state index contributed by atoms with van der Waals surface area (Å²) < 4.78 is 41.5. The summed E-state index contributed by atoms with van der Waals surface area (Å²) in [5.41, 5.74) is 7.28. The third-order valence-electron chi connectivity index (χ3n) is 14.7. The Labute approximate surface area is 379 Å². The van der Waals surface area contributed by atoms with Crippen molar-refractivity contribution < 1.29 is 47.5 Å². The lowest BCUT2D eigenvalue weighted by atomic mass is 9.74. The molecule has 1 saturated carbocycles. The summed E-state index contributed by atoms with van der Waals surface area (Å²) in [6.45, 7) is 16.3. The zero-order chi connectivity index (χ0) is 45.1. The lowest BCUT2D eigenvalue weighted by molar-refractivity contribution is -0.163. The monoisotopic (exact) mass is 891 g/mol. The number of rotatable bonds is 14. The van der Waals surface area contributed by atoms with Crippen LogP contribution in [0.1, 0.15) is 133 Å². The molecule has 2 heterocycles. The Bertz CT molecular complexity index is 1840. The van der Waals surface area contributed by atoms with E-state index in [2.05, 4.69) is 58.1 Å². The van der Waals surface area contributed by atoms with Crippen molar-refractivity contribution in [1.82, 2.24) is 0 Å². The maximum Gasteiger partial charge on any atom is 0.193 e. The molecule has 11 heteroatoms. The molecule has 0 amide bonds. The van der Waals surface area contributed by atoms with Gasteiger partial charge in [-0.3, -0.25) is 9.59 Å². The van der Waals surface area contributed by atoms with Gasteiger partial charge in [0.1, 0.15) is 17.3 Å². The number of aliphatic hydroxyl groups is 1. The molecule has 2 saturated heterocycles. The van der Waals surface area contributed by atoms with Crippen molar-refractivity contribution in [2.24, 2.45) is 23.7 Å². The van der Waals surface area contributed by atoms with Crippen LogP contribution in [0.3, 0.4) is 0 Å². The maximum atomic E-state index is 13.3. The van der Waals surface area contributed by atoms with Gasteiger partial charge in [-0.25, -0.2) is 0 Å². The predicted octanol–water partition coefficient (Wildman–Crippen LogP) is 10.5. The number of carbonyl (C=O) groups excluding carboxylic acids is 2. The van der Waals surface area contributed by atoms with Crippen LogP contribution in [0.2, 0.25) is 18.1 Å². The van der Waals surface area contributed by atoms with E-state index >= 15 is 0 Å². The van der Waals surface area contributed by atoms with Crippen molar-refractivity contribution in [2.45, 2.75) is 161 Å². The van der Waals surface area contributed by atoms with Crippen LogP contribution in [0.25, 0.3) is 0 Å². The Morgan fingerprint density at radius 3 is 2.00 bits per heavy atom. The summed E-state index contributed by atoms with van der Waals surface area (Å²) in [7, 11) is 1.38. The molecule has 7 atom stereocenters. The van der Waals surface area contributed by atoms with Gasteiger partial charge in [0.25, 0.3) is 0 Å². The van der Waals surface area contributed by atoms with E-state index in [0.717, 1.165) is 114 Å². The highest BCUT2D eigenvalue weighted by molar-refractivity contribution is 6.74. The van der Waals surface area contributed by atoms with E-state index in [1.165, 1.54) is 34.2 Å². The van der Waals surface area contributed by atoms with Crippen LogP contribution < -0.4 is 9.47 Å². The molecule has 0 spiro atoms. The lowest BCUT2D eigenvalue weighted by Crippen LogP contribution is -2.43. The Morgan fingerprint density at radius 1 is 0.778 bits per heavy atom. The van der Waals surface area contributed by atoms with Crippen molar-refractivity contribution >= 4 is 19.9 Å². The fraction of sp³-hybridized carbons (Fsp3) is 0.692. The van der Waals surface area contributed by atoms with Crippen LogP contribution in [-0.4, -0.2) is 84.8 Å². The molecule has 0 aromatic heterocycles. The average molecular weight is 891 g/mol. The summed E-state index contributed by atoms with van der Waals surface area (Å²) >= 11 is 0. The van der Waals surface area contributed by atoms with Crippen LogP contribution in [0.5, 0.6) is 11.5 Å². The van der Waals surface area contributed by atoms with E-state index in [1.807, 2.05) is 12.1 Å². The molecule has 350 valence electrons. The molecule has 8 rings (SSSR count). The van der Waals surface area contributed by atoms with E-state index in [-0.39, 0.29) is 47.9 Å². The molecule has 10 nitrogen and oxygen atoms in total. The van der Waals surface area contributed by atoms with E-state index in [9.17, 15) is 9.59 Å². The van der Waals surface area contributed by atoms with Crippen LogP contribution in [0, 0.1) is 23.7 Å². The summed E-state index contributed by atoms with van der Waals surface area (Å²) in [6.07, 6.45) is 13.9. The number of hydrogen-bond acceptors (Lipinski definition) is 10. The van der Waals surface area contributed by atoms with Crippen LogP contribution >= 0.6 is 0 Å². The standard InChI is InChI=1S/C28H42O5Si.C22H30O4.C2H6O/c1-28(2,3)34(5,6)33-27-20-11-9-13-24(30-4)22(20)17-19-18-23(29)21(26(19)27)12-10-16-32-25-14-7-8-15-31-25;1-24-21-8-4-6-15-12-18-16(13-19(15)21)14-20(23)17(18)7-5-11-26-22-9-2-3-10-25-22;1-2-3/h9,11,13,19,25,27H,7-8,10,12,14-18H2,1-6H3;4,6,8,16-18,22H,2-3,5,7,9-14H2,1H3;3H,2H2,1H3/t19-,25?,27+;16?,17?,18-,22?;/m00./s1. The van der Waals surface area contributed by atoms with Crippen LogP contribution in [0.4, 0.5) is 0 Å². The van der Waals surface area contributed by atoms with Gasteiger partial charge >= 0.3 is 0 Å². The number of allylic oxidation sites excluding steroid dienone is 1. The first-order valence-corrected chi connectivity index (χ1v) is 27.0. The van der Waals surface area contributed by atoms with Gasteiger partial charge in [0.15, 0.2) is 26.7 Å².